The number of hydrogen-bond acceptors (Lipinski definition) is 4. The zero-order valence-corrected chi connectivity index (χ0v) is 14.0. The van der Waals surface area contributed by atoms with Crippen LogP contribution in [-0.2, 0) is 11.2 Å². The van der Waals surface area contributed by atoms with Crippen LogP contribution >= 0.6 is 11.3 Å². The van der Waals surface area contributed by atoms with Crippen LogP contribution in [0.4, 0.5) is 4.39 Å². The Balaban J connectivity index is 1.55. The first-order valence-electron chi connectivity index (χ1n) is 7.78. The molecule has 0 bridgehead atoms. The molecule has 1 aliphatic rings. The third kappa shape index (κ3) is 4.14. The van der Waals surface area contributed by atoms with Crippen LogP contribution in [0.3, 0.4) is 0 Å². The van der Waals surface area contributed by atoms with E-state index in [1.807, 2.05) is 10.3 Å². The summed E-state index contributed by atoms with van der Waals surface area (Å²) in [6.07, 6.45) is 1.15. The van der Waals surface area contributed by atoms with E-state index < -0.39 is 0 Å². The van der Waals surface area contributed by atoms with Gasteiger partial charge in [0, 0.05) is 43.5 Å². The van der Waals surface area contributed by atoms with Crippen LogP contribution in [0.25, 0.3) is 10.6 Å². The fourth-order valence-electron chi connectivity index (χ4n) is 2.60. The van der Waals surface area contributed by atoms with E-state index in [4.69, 9.17) is 0 Å². The van der Waals surface area contributed by atoms with Gasteiger partial charge < -0.3 is 9.80 Å². The number of amides is 1. The van der Waals surface area contributed by atoms with Gasteiger partial charge in [-0.3, -0.25) is 4.79 Å². The molecule has 1 fully saturated rings. The standard InChI is InChI=1S/C17H20FN3OS/c1-20-8-10-21(11-9-20)16(22)7-6-15-12-23-17(19-15)13-2-4-14(18)5-3-13/h2-5,12H,6-11H2,1H3. The van der Waals surface area contributed by atoms with Gasteiger partial charge in [0.05, 0.1) is 5.69 Å². The zero-order chi connectivity index (χ0) is 16.2. The molecular weight excluding hydrogens is 313 g/mol. The van der Waals surface area contributed by atoms with Crippen molar-refractivity contribution in [1.29, 1.82) is 0 Å². The lowest BCUT2D eigenvalue weighted by Gasteiger charge is -2.32. The lowest BCUT2D eigenvalue weighted by molar-refractivity contribution is -0.132. The highest BCUT2D eigenvalue weighted by Crippen LogP contribution is 2.24. The minimum Gasteiger partial charge on any atom is -0.340 e. The first kappa shape index (κ1) is 16.1. The van der Waals surface area contributed by atoms with Crippen LogP contribution in [0.15, 0.2) is 29.6 Å². The van der Waals surface area contributed by atoms with E-state index in [0.717, 1.165) is 42.4 Å². The molecule has 2 aromatic rings. The minimum absolute atomic E-state index is 0.203. The Labute approximate surface area is 139 Å². The van der Waals surface area contributed by atoms with E-state index in [2.05, 4.69) is 16.9 Å². The monoisotopic (exact) mass is 333 g/mol. The Morgan fingerprint density at radius 1 is 1.22 bits per heavy atom. The maximum absolute atomic E-state index is 13.0. The maximum atomic E-state index is 13.0. The Morgan fingerprint density at radius 3 is 2.61 bits per heavy atom. The quantitative estimate of drug-likeness (QED) is 0.863. The van der Waals surface area contributed by atoms with Crippen molar-refractivity contribution < 1.29 is 9.18 Å². The highest BCUT2D eigenvalue weighted by molar-refractivity contribution is 7.13. The molecule has 0 unspecified atom stereocenters. The van der Waals surface area contributed by atoms with Crippen LogP contribution in [0.1, 0.15) is 12.1 Å². The molecule has 1 aromatic carbocycles. The van der Waals surface area contributed by atoms with E-state index in [9.17, 15) is 9.18 Å². The Hall–Kier alpha value is -1.79. The van der Waals surface area contributed by atoms with Crippen molar-refractivity contribution in [3.8, 4) is 10.6 Å². The molecule has 1 amide bonds. The predicted molar refractivity (Wildman–Crippen MR) is 89.9 cm³/mol. The molecule has 3 rings (SSSR count). The van der Waals surface area contributed by atoms with Gasteiger partial charge in [-0.1, -0.05) is 0 Å². The summed E-state index contributed by atoms with van der Waals surface area (Å²) in [4.78, 5) is 21.0. The summed E-state index contributed by atoms with van der Waals surface area (Å²) in [6, 6.07) is 6.33. The number of rotatable bonds is 4. The maximum Gasteiger partial charge on any atom is 0.223 e. The third-order valence-corrected chi connectivity index (χ3v) is 5.03. The zero-order valence-electron chi connectivity index (χ0n) is 13.2. The first-order valence-corrected chi connectivity index (χ1v) is 8.66. The molecule has 0 atom stereocenters. The lowest BCUT2D eigenvalue weighted by Crippen LogP contribution is -2.47. The van der Waals surface area contributed by atoms with Crippen molar-refractivity contribution in [2.75, 3.05) is 33.2 Å². The third-order valence-electron chi connectivity index (χ3n) is 4.09. The number of thiazole rings is 1. The Bertz CT molecular complexity index is 663. The SMILES string of the molecule is CN1CCN(C(=O)CCc2csc(-c3ccc(F)cc3)n2)CC1. The first-order chi connectivity index (χ1) is 11.1. The van der Waals surface area contributed by atoms with Gasteiger partial charge in [0.1, 0.15) is 10.8 Å². The second-order valence-electron chi connectivity index (χ2n) is 5.83. The Kier molecular flexibility index (Phi) is 5.03. The number of benzene rings is 1. The molecule has 1 saturated heterocycles. The number of hydrogen-bond donors (Lipinski definition) is 0. The van der Waals surface area contributed by atoms with E-state index >= 15 is 0 Å². The van der Waals surface area contributed by atoms with Crippen LogP contribution < -0.4 is 0 Å². The average Bonchev–Trinajstić information content (AvgIpc) is 3.03. The van der Waals surface area contributed by atoms with Gasteiger partial charge in [0.15, 0.2) is 0 Å². The summed E-state index contributed by atoms with van der Waals surface area (Å²) >= 11 is 1.53. The number of aromatic nitrogens is 1. The van der Waals surface area contributed by atoms with Gasteiger partial charge in [-0.25, -0.2) is 9.37 Å². The average molecular weight is 333 g/mol. The van der Waals surface area contributed by atoms with Crippen LogP contribution in [0.2, 0.25) is 0 Å². The lowest BCUT2D eigenvalue weighted by atomic mass is 10.2. The van der Waals surface area contributed by atoms with Crippen molar-refractivity contribution in [1.82, 2.24) is 14.8 Å². The topological polar surface area (TPSA) is 36.4 Å². The molecule has 23 heavy (non-hydrogen) atoms. The summed E-state index contributed by atoms with van der Waals surface area (Å²) in [5, 5.41) is 2.85. The van der Waals surface area contributed by atoms with Gasteiger partial charge in [-0.2, -0.15) is 0 Å². The summed E-state index contributed by atoms with van der Waals surface area (Å²) in [5.74, 6) is -0.0438. The van der Waals surface area contributed by atoms with E-state index in [1.54, 1.807) is 12.1 Å². The number of aryl methyl sites for hydroxylation is 1. The van der Waals surface area contributed by atoms with Crippen LogP contribution in [0, 0.1) is 5.82 Å². The number of halogens is 1. The summed E-state index contributed by atoms with van der Waals surface area (Å²) in [5.41, 5.74) is 1.84. The van der Waals surface area contributed by atoms with Gasteiger partial charge in [-0.15, -0.1) is 11.3 Å². The second kappa shape index (κ2) is 7.19. The minimum atomic E-state index is -0.247. The van der Waals surface area contributed by atoms with E-state index in [1.165, 1.54) is 23.5 Å². The van der Waals surface area contributed by atoms with Crippen LogP contribution in [-0.4, -0.2) is 53.9 Å². The molecular formula is C17H20FN3OS. The number of nitrogens with zero attached hydrogens (tertiary/aromatic N) is 3. The van der Waals surface area contributed by atoms with Crippen molar-refractivity contribution in [2.24, 2.45) is 0 Å². The molecule has 0 saturated carbocycles. The molecule has 122 valence electrons. The number of carbonyl (C=O) groups excluding carboxylic acids is 1. The molecule has 2 heterocycles. The molecule has 0 radical (unpaired) electrons. The normalized spacial score (nSPS) is 15.8. The highest BCUT2D eigenvalue weighted by Gasteiger charge is 2.19. The summed E-state index contributed by atoms with van der Waals surface area (Å²) in [7, 11) is 2.08. The van der Waals surface area contributed by atoms with Crippen molar-refractivity contribution in [2.45, 2.75) is 12.8 Å². The van der Waals surface area contributed by atoms with Crippen molar-refractivity contribution in [3.63, 3.8) is 0 Å². The molecule has 1 aliphatic heterocycles. The number of carbonyl (C=O) groups is 1. The van der Waals surface area contributed by atoms with Crippen molar-refractivity contribution in [3.05, 3.63) is 41.2 Å². The predicted octanol–water partition coefficient (Wildman–Crippen LogP) is 2.66. The smallest absolute Gasteiger partial charge is 0.223 e. The number of piperazine rings is 1. The highest BCUT2D eigenvalue weighted by atomic mass is 32.1. The van der Waals surface area contributed by atoms with E-state index in [0.29, 0.717) is 12.8 Å². The van der Waals surface area contributed by atoms with Gasteiger partial charge in [0.2, 0.25) is 5.91 Å². The molecule has 6 heteroatoms. The van der Waals surface area contributed by atoms with Gasteiger partial charge in [0.25, 0.3) is 0 Å². The Morgan fingerprint density at radius 2 is 1.91 bits per heavy atom. The summed E-state index contributed by atoms with van der Waals surface area (Å²) < 4.78 is 13.0. The van der Waals surface area contributed by atoms with Crippen molar-refractivity contribution >= 4 is 17.2 Å². The molecule has 4 nitrogen and oxygen atoms in total. The number of likely N-dealkylation sites (N-methyl/N-ethyl adjacent to an activating group) is 1. The summed E-state index contributed by atoms with van der Waals surface area (Å²) in [6.45, 7) is 3.51. The van der Waals surface area contributed by atoms with Gasteiger partial charge >= 0.3 is 0 Å². The van der Waals surface area contributed by atoms with Gasteiger partial charge in [-0.05, 0) is 37.7 Å². The molecule has 0 spiro atoms. The van der Waals surface area contributed by atoms with Crippen LogP contribution in [0.5, 0.6) is 0 Å². The molecule has 0 aliphatic carbocycles. The fraction of sp³-hybridized carbons (Fsp3) is 0.412. The molecule has 0 N–H and O–H groups in total. The molecule has 1 aromatic heterocycles. The second-order valence-corrected chi connectivity index (χ2v) is 6.69. The van der Waals surface area contributed by atoms with E-state index in [-0.39, 0.29) is 11.7 Å². The fourth-order valence-corrected chi connectivity index (χ4v) is 3.46. The largest absolute Gasteiger partial charge is 0.340 e.